The van der Waals surface area contributed by atoms with Crippen molar-refractivity contribution >= 4 is 17.5 Å². The van der Waals surface area contributed by atoms with E-state index in [1.807, 2.05) is 48.5 Å². The molecule has 1 aliphatic heterocycles. The Morgan fingerprint density at radius 1 is 1.11 bits per heavy atom. The van der Waals surface area contributed by atoms with Crippen LogP contribution in [0.15, 0.2) is 48.5 Å². The number of hydrogen-bond acceptors (Lipinski definition) is 3. The molecule has 2 aromatic carbocycles. The summed E-state index contributed by atoms with van der Waals surface area (Å²) in [5.74, 6) is 1.07. The summed E-state index contributed by atoms with van der Waals surface area (Å²) in [5.41, 5.74) is 2.32. The molecule has 1 fully saturated rings. The first-order valence-corrected chi connectivity index (χ1v) is 10.4. The van der Waals surface area contributed by atoms with Crippen molar-refractivity contribution in [3.63, 3.8) is 0 Å². The van der Waals surface area contributed by atoms with Gasteiger partial charge < -0.3 is 10.1 Å². The minimum Gasteiger partial charge on any atom is -0.484 e. The fourth-order valence-corrected chi connectivity index (χ4v) is 3.86. The molecule has 5 heteroatoms. The average molecular weight is 401 g/mol. The van der Waals surface area contributed by atoms with Gasteiger partial charge in [-0.05, 0) is 61.2 Å². The monoisotopic (exact) mass is 400 g/mol. The summed E-state index contributed by atoms with van der Waals surface area (Å²) in [4.78, 5) is 14.7. The van der Waals surface area contributed by atoms with E-state index in [2.05, 4.69) is 24.1 Å². The number of amides is 1. The molecule has 0 aromatic heterocycles. The Hall–Kier alpha value is -2.04. The molecule has 1 N–H and O–H groups in total. The zero-order valence-electron chi connectivity index (χ0n) is 16.7. The van der Waals surface area contributed by atoms with Gasteiger partial charge in [0.15, 0.2) is 6.61 Å². The molecule has 0 radical (unpaired) electrons. The fourth-order valence-electron chi connectivity index (χ4n) is 3.59. The van der Waals surface area contributed by atoms with E-state index in [1.54, 1.807) is 0 Å². The van der Waals surface area contributed by atoms with E-state index >= 15 is 0 Å². The van der Waals surface area contributed by atoms with Crippen molar-refractivity contribution in [1.82, 2.24) is 10.2 Å². The zero-order chi connectivity index (χ0) is 19.9. The maximum Gasteiger partial charge on any atom is 0.258 e. The van der Waals surface area contributed by atoms with Crippen LogP contribution < -0.4 is 10.1 Å². The van der Waals surface area contributed by atoms with Crippen molar-refractivity contribution in [3.05, 3.63) is 64.7 Å². The second-order valence-corrected chi connectivity index (χ2v) is 8.00. The van der Waals surface area contributed by atoms with Crippen LogP contribution in [-0.2, 0) is 4.79 Å². The number of hydrogen-bond donors (Lipinski definition) is 1. The van der Waals surface area contributed by atoms with Crippen molar-refractivity contribution in [2.24, 2.45) is 0 Å². The Kier molecular flexibility index (Phi) is 7.35. The first-order valence-electron chi connectivity index (χ1n) is 10.0. The van der Waals surface area contributed by atoms with Crippen LogP contribution in [-0.4, -0.2) is 37.0 Å². The van der Waals surface area contributed by atoms with Crippen LogP contribution in [0, 0.1) is 0 Å². The first kappa shape index (κ1) is 20.7. The highest BCUT2D eigenvalue weighted by Crippen LogP contribution is 2.29. The maximum absolute atomic E-state index is 12.3. The highest BCUT2D eigenvalue weighted by molar-refractivity contribution is 6.31. The molecule has 28 heavy (non-hydrogen) atoms. The molecule has 1 atom stereocenters. The van der Waals surface area contributed by atoms with E-state index in [-0.39, 0.29) is 18.6 Å². The third-order valence-electron chi connectivity index (χ3n) is 5.25. The van der Waals surface area contributed by atoms with Crippen LogP contribution in [0.1, 0.15) is 49.8 Å². The lowest BCUT2D eigenvalue weighted by Crippen LogP contribution is -2.38. The molecular weight excluding hydrogens is 372 g/mol. The molecule has 2 aromatic rings. The summed E-state index contributed by atoms with van der Waals surface area (Å²) < 4.78 is 5.64. The predicted molar refractivity (Wildman–Crippen MR) is 114 cm³/mol. The van der Waals surface area contributed by atoms with Gasteiger partial charge in [0.1, 0.15) is 5.75 Å². The van der Waals surface area contributed by atoms with Crippen molar-refractivity contribution in [2.45, 2.75) is 38.6 Å². The van der Waals surface area contributed by atoms with Crippen LogP contribution >= 0.6 is 11.6 Å². The quantitative estimate of drug-likeness (QED) is 0.692. The molecule has 0 spiro atoms. The van der Waals surface area contributed by atoms with E-state index < -0.39 is 0 Å². The Morgan fingerprint density at radius 3 is 2.43 bits per heavy atom. The minimum atomic E-state index is -0.121. The van der Waals surface area contributed by atoms with Gasteiger partial charge in [-0.25, -0.2) is 0 Å². The van der Waals surface area contributed by atoms with Crippen molar-refractivity contribution in [3.8, 4) is 5.75 Å². The summed E-state index contributed by atoms with van der Waals surface area (Å²) in [6.07, 6.45) is 2.37. The van der Waals surface area contributed by atoms with Gasteiger partial charge in [-0.1, -0.05) is 55.8 Å². The summed E-state index contributed by atoms with van der Waals surface area (Å²) >= 11 is 6.42. The van der Waals surface area contributed by atoms with Gasteiger partial charge in [-0.3, -0.25) is 9.69 Å². The van der Waals surface area contributed by atoms with Crippen LogP contribution in [0.3, 0.4) is 0 Å². The van der Waals surface area contributed by atoms with E-state index in [0.717, 1.165) is 23.7 Å². The standard InChI is InChI=1S/C23H29ClN2O2/c1-17(2)18-9-11-19(12-10-18)28-16-23(27)25-15-22(26-13-5-6-14-26)20-7-3-4-8-21(20)24/h3-4,7-12,17,22H,5-6,13-16H2,1-2H3,(H,25,27)/t22-/m0/s1. The lowest BCUT2D eigenvalue weighted by atomic mass is 10.0. The molecule has 0 unspecified atom stereocenters. The zero-order valence-corrected chi connectivity index (χ0v) is 17.4. The second kappa shape index (κ2) is 9.94. The normalized spacial score (nSPS) is 15.6. The highest BCUT2D eigenvalue weighted by Gasteiger charge is 2.25. The number of likely N-dealkylation sites (tertiary alicyclic amines) is 1. The Balaban J connectivity index is 1.55. The first-order chi connectivity index (χ1) is 13.5. The van der Waals surface area contributed by atoms with Crippen molar-refractivity contribution < 1.29 is 9.53 Å². The van der Waals surface area contributed by atoms with Gasteiger partial charge in [-0.2, -0.15) is 0 Å². The largest absolute Gasteiger partial charge is 0.484 e. The molecular formula is C23H29ClN2O2. The number of carbonyl (C=O) groups is 1. The predicted octanol–water partition coefficient (Wildman–Crippen LogP) is 4.80. The van der Waals surface area contributed by atoms with Crippen LogP contribution in [0.4, 0.5) is 0 Å². The third kappa shape index (κ3) is 5.49. The maximum atomic E-state index is 12.3. The van der Waals surface area contributed by atoms with Gasteiger partial charge in [0, 0.05) is 11.6 Å². The highest BCUT2D eigenvalue weighted by atomic mass is 35.5. The number of halogens is 1. The van der Waals surface area contributed by atoms with E-state index in [9.17, 15) is 4.79 Å². The van der Waals surface area contributed by atoms with Gasteiger partial charge in [-0.15, -0.1) is 0 Å². The van der Waals surface area contributed by atoms with E-state index in [0.29, 0.717) is 18.2 Å². The molecule has 1 heterocycles. The fraction of sp³-hybridized carbons (Fsp3) is 0.435. The number of nitrogens with one attached hydrogen (secondary N) is 1. The third-order valence-corrected chi connectivity index (χ3v) is 5.60. The SMILES string of the molecule is CC(C)c1ccc(OCC(=O)NC[C@@H](c2ccccc2Cl)N2CCCC2)cc1. The van der Waals surface area contributed by atoms with E-state index in [1.165, 1.54) is 18.4 Å². The van der Waals surface area contributed by atoms with Crippen LogP contribution in [0.2, 0.25) is 5.02 Å². The van der Waals surface area contributed by atoms with Crippen LogP contribution in [0.25, 0.3) is 0 Å². The summed E-state index contributed by atoms with van der Waals surface area (Å²) in [6.45, 7) is 6.90. The molecule has 0 aliphatic carbocycles. The second-order valence-electron chi connectivity index (χ2n) is 7.60. The number of benzene rings is 2. The molecule has 0 bridgehead atoms. The lowest BCUT2D eigenvalue weighted by molar-refractivity contribution is -0.123. The van der Waals surface area contributed by atoms with E-state index in [4.69, 9.17) is 16.3 Å². The molecule has 3 rings (SSSR count). The Bertz CT molecular complexity index is 770. The van der Waals surface area contributed by atoms with Crippen LogP contribution in [0.5, 0.6) is 5.75 Å². The smallest absolute Gasteiger partial charge is 0.258 e. The topological polar surface area (TPSA) is 41.6 Å². The van der Waals surface area contributed by atoms with Crippen molar-refractivity contribution in [1.29, 1.82) is 0 Å². The number of nitrogens with zero attached hydrogens (tertiary/aromatic N) is 1. The average Bonchev–Trinajstić information content (AvgIpc) is 3.22. The number of ether oxygens (including phenoxy) is 1. The molecule has 4 nitrogen and oxygen atoms in total. The van der Waals surface area contributed by atoms with Gasteiger partial charge in [0.05, 0.1) is 6.04 Å². The Labute approximate surface area is 172 Å². The molecule has 1 saturated heterocycles. The molecule has 150 valence electrons. The Morgan fingerprint density at radius 2 is 1.79 bits per heavy atom. The van der Waals surface area contributed by atoms with Gasteiger partial charge in [0.2, 0.25) is 0 Å². The molecule has 0 saturated carbocycles. The lowest BCUT2D eigenvalue weighted by Gasteiger charge is -2.29. The summed E-state index contributed by atoms with van der Waals surface area (Å²) in [5, 5.41) is 3.77. The summed E-state index contributed by atoms with van der Waals surface area (Å²) in [6, 6.07) is 15.9. The van der Waals surface area contributed by atoms with Gasteiger partial charge >= 0.3 is 0 Å². The summed E-state index contributed by atoms with van der Waals surface area (Å²) in [7, 11) is 0. The molecule has 1 aliphatic rings. The number of rotatable bonds is 8. The van der Waals surface area contributed by atoms with Gasteiger partial charge in [0.25, 0.3) is 5.91 Å². The molecule has 1 amide bonds. The van der Waals surface area contributed by atoms with Crippen molar-refractivity contribution in [2.75, 3.05) is 26.2 Å². The number of carbonyl (C=O) groups excluding carboxylic acids is 1. The minimum absolute atomic E-state index is 0.0102.